The average Bonchev–Trinajstić information content (AvgIpc) is 2.97. The second kappa shape index (κ2) is 6.89. The molecule has 4 aliphatic rings. The number of nitrogens with one attached hydrogen (secondary N) is 2. The fourth-order valence-corrected chi connectivity index (χ4v) is 7.07. The molecule has 4 aliphatic carbocycles. The van der Waals surface area contributed by atoms with E-state index in [-0.39, 0.29) is 35.4 Å². The normalized spacial score (nSPS) is 41.9. The van der Waals surface area contributed by atoms with Crippen LogP contribution in [0.25, 0.3) is 0 Å². The van der Waals surface area contributed by atoms with Crippen LogP contribution in [0, 0.1) is 34.0 Å². The van der Waals surface area contributed by atoms with E-state index in [0.717, 1.165) is 44.9 Å². The fraction of sp³-hybridized carbons (Fsp3) is 0.773. The molecule has 3 saturated carbocycles. The molecule has 4 rings (SSSR count). The molecule has 0 spiro atoms. The monoisotopic (exact) mass is 387 g/mol. The van der Waals surface area contributed by atoms with Crippen LogP contribution in [-0.2, 0) is 14.3 Å². The van der Waals surface area contributed by atoms with E-state index in [2.05, 4.69) is 19.2 Å². The maximum Gasteiger partial charge on any atom is 0.325 e. The number of carbonyl (C=O) groups is 2. The Hall–Kier alpha value is -1.85. The lowest BCUT2D eigenvalue weighted by Gasteiger charge is -2.57. The van der Waals surface area contributed by atoms with Gasteiger partial charge in [0.05, 0.1) is 0 Å². The van der Waals surface area contributed by atoms with Crippen molar-refractivity contribution in [1.29, 1.82) is 5.41 Å². The van der Waals surface area contributed by atoms with Gasteiger partial charge in [-0.15, -0.1) is 0 Å². The summed E-state index contributed by atoms with van der Waals surface area (Å²) in [6, 6.07) is 0. The van der Waals surface area contributed by atoms with Gasteiger partial charge in [-0.3, -0.25) is 15.0 Å². The molecule has 0 aromatic rings. The van der Waals surface area contributed by atoms with Crippen molar-refractivity contribution in [2.75, 3.05) is 6.54 Å². The van der Waals surface area contributed by atoms with Crippen LogP contribution in [0.1, 0.15) is 65.2 Å². The third-order valence-electron chi connectivity index (χ3n) is 8.57. The second-order valence-corrected chi connectivity index (χ2v) is 9.84. The Labute approximate surface area is 167 Å². The van der Waals surface area contributed by atoms with Gasteiger partial charge >= 0.3 is 5.97 Å². The number of carbonyl (C=O) groups excluding carboxylic acids is 2. The zero-order valence-corrected chi connectivity index (χ0v) is 17.1. The number of guanidine groups is 1. The van der Waals surface area contributed by atoms with Gasteiger partial charge in [-0.1, -0.05) is 19.4 Å². The van der Waals surface area contributed by atoms with Gasteiger partial charge in [-0.2, -0.15) is 0 Å². The molecular formula is C22H33N3O3. The van der Waals surface area contributed by atoms with E-state index in [9.17, 15) is 9.59 Å². The van der Waals surface area contributed by atoms with Crippen LogP contribution >= 0.6 is 0 Å². The third kappa shape index (κ3) is 3.05. The van der Waals surface area contributed by atoms with Crippen molar-refractivity contribution >= 4 is 17.7 Å². The summed E-state index contributed by atoms with van der Waals surface area (Å²) in [6.45, 7) is 4.67. The van der Waals surface area contributed by atoms with Crippen molar-refractivity contribution in [3.63, 3.8) is 0 Å². The van der Waals surface area contributed by atoms with Crippen LogP contribution in [0.15, 0.2) is 11.6 Å². The minimum absolute atomic E-state index is 0.0368. The number of ketones is 1. The third-order valence-corrected chi connectivity index (χ3v) is 8.57. The lowest BCUT2D eigenvalue weighted by molar-refractivity contribution is -0.158. The first-order valence-electron chi connectivity index (χ1n) is 10.8. The number of hydrogen-bond acceptors (Lipinski definition) is 4. The van der Waals surface area contributed by atoms with Crippen LogP contribution in [0.5, 0.6) is 0 Å². The number of rotatable bonds is 3. The topological polar surface area (TPSA) is 105 Å². The van der Waals surface area contributed by atoms with E-state index in [0.29, 0.717) is 30.0 Å². The molecule has 6 atom stereocenters. The predicted octanol–water partition coefficient (Wildman–Crippen LogP) is 2.91. The molecule has 6 nitrogen and oxygen atoms in total. The quantitative estimate of drug-likeness (QED) is 0.392. The van der Waals surface area contributed by atoms with E-state index in [4.69, 9.17) is 15.9 Å². The van der Waals surface area contributed by atoms with Crippen molar-refractivity contribution in [2.45, 2.75) is 71.3 Å². The molecule has 0 aromatic heterocycles. The van der Waals surface area contributed by atoms with Crippen LogP contribution in [0.4, 0.5) is 0 Å². The number of ether oxygens (including phenoxy) is 1. The van der Waals surface area contributed by atoms with Crippen LogP contribution in [0.2, 0.25) is 0 Å². The fourth-order valence-electron chi connectivity index (χ4n) is 7.07. The lowest BCUT2D eigenvalue weighted by Crippen LogP contribution is -2.52. The number of nitrogens with two attached hydrogens (primary N) is 1. The van der Waals surface area contributed by atoms with Crippen molar-refractivity contribution in [3.05, 3.63) is 11.6 Å². The molecule has 0 radical (unpaired) electrons. The van der Waals surface area contributed by atoms with Gasteiger partial charge < -0.3 is 15.8 Å². The Morgan fingerprint density at radius 3 is 2.75 bits per heavy atom. The Kier molecular flexibility index (Phi) is 4.79. The van der Waals surface area contributed by atoms with Gasteiger partial charge in [0, 0.05) is 11.8 Å². The highest BCUT2D eigenvalue weighted by Gasteiger charge is 2.59. The molecule has 0 aromatic carbocycles. The summed E-state index contributed by atoms with van der Waals surface area (Å²) in [5, 5.41) is 9.74. The predicted molar refractivity (Wildman–Crippen MR) is 107 cm³/mol. The van der Waals surface area contributed by atoms with Crippen molar-refractivity contribution in [2.24, 2.45) is 34.3 Å². The number of fused-ring (bicyclic) bond motifs is 5. The highest BCUT2D eigenvalue weighted by Crippen LogP contribution is 2.65. The standard InChI is InChI=1S/C22H33N3O3/c1-21-9-7-14(26)11-13(21)3-4-15-16-5-6-18(22(16,2)10-8-17(15)21)28-19(27)12-25-20(23)24/h11,15-18H,3-10,12H2,1-2H3,(H4,23,24,25). The van der Waals surface area contributed by atoms with E-state index < -0.39 is 0 Å². The largest absolute Gasteiger partial charge is 0.460 e. The molecule has 28 heavy (non-hydrogen) atoms. The summed E-state index contributed by atoms with van der Waals surface area (Å²) in [6.07, 6.45) is 10.1. The molecule has 0 saturated heterocycles. The Morgan fingerprint density at radius 2 is 2.00 bits per heavy atom. The van der Waals surface area contributed by atoms with E-state index in [1.165, 1.54) is 5.57 Å². The summed E-state index contributed by atoms with van der Waals surface area (Å²) in [4.78, 5) is 24.1. The molecule has 6 unspecified atom stereocenters. The maximum atomic E-state index is 12.2. The SMILES string of the molecule is CC12CCC(=O)C=C1CCC1C2CCC2(C)C(OC(=O)CNC(=N)N)CCC12. The first-order chi connectivity index (χ1) is 13.2. The highest BCUT2D eigenvalue weighted by molar-refractivity contribution is 5.91. The number of hydrogen-bond donors (Lipinski definition) is 3. The van der Waals surface area contributed by atoms with Gasteiger partial charge in [0.1, 0.15) is 12.6 Å². The van der Waals surface area contributed by atoms with Gasteiger partial charge in [-0.05, 0) is 74.2 Å². The smallest absolute Gasteiger partial charge is 0.325 e. The summed E-state index contributed by atoms with van der Waals surface area (Å²) in [5.74, 6) is 1.66. The highest BCUT2D eigenvalue weighted by atomic mass is 16.5. The number of allylic oxidation sites excluding steroid dienone is 1. The summed E-state index contributed by atoms with van der Waals surface area (Å²) in [5.41, 5.74) is 6.88. The van der Waals surface area contributed by atoms with E-state index in [1.807, 2.05) is 6.08 Å². The molecule has 3 fully saturated rings. The summed E-state index contributed by atoms with van der Waals surface area (Å²) < 4.78 is 5.85. The average molecular weight is 388 g/mol. The Balaban J connectivity index is 1.49. The van der Waals surface area contributed by atoms with E-state index >= 15 is 0 Å². The minimum Gasteiger partial charge on any atom is -0.460 e. The van der Waals surface area contributed by atoms with Gasteiger partial charge in [0.25, 0.3) is 0 Å². The Bertz CT molecular complexity index is 733. The molecule has 4 N–H and O–H groups in total. The molecule has 6 heteroatoms. The first-order valence-corrected chi connectivity index (χ1v) is 10.8. The maximum absolute atomic E-state index is 12.2. The van der Waals surface area contributed by atoms with Crippen LogP contribution in [-0.4, -0.2) is 30.4 Å². The van der Waals surface area contributed by atoms with Gasteiger partial charge in [-0.25, -0.2) is 0 Å². The van der Waals surface area contributed by atoms with Crippen LogP contribution in [0.3, 0.4) is 0 Å². The van der Waals surface area contributed by atoms with Crippen molar-refractivity contribution < 1.29 is 14.3 Å². The first kappa shape index (κ1) is 19.5. The van der Waals surface area contributed by atoms with Gasteiger partial charge in [0.2, 0.25) is 0 Å². The minimum atomic E-state index is -0.323. The molecule has 154 valence electrons. The van der Waals surface area contributed by atoms with Crippen molar-refractivity contribution in [3.8, 4) is 0 Å². The number of esters is 1. The van der Waals surface area contributed by atoms with E-state index in [1.54, 1.807) is 0 Å². The molecule has 0 aliphatic heterocycles. The zero-order valence-electron chi connectivity index (χ0n) is 17.1. The summed E-state index contributed by atoms with van der Waals surface area (Å²) >= 11 is 0. The lowest BCUT2D eigenvalue weighted by atomic mass is 9.47. The molecule has 0 amide bonds. The summed E-state index contributed by atoms with van der Waals surface area (Å²) in [7, 11) is 0. The molecule has 0 heterocycles. The van der Waals surface area contributed by atoms with Crippen LogP contribution < -0.4 is 11.1 Å². The zero-order chi connectivity index (χ0) is 20.1. The second-order valence-electron chi connectivity index (χ2n) is 9.84. The molecular weight excluding hydrogens is 354 g/mol. The molecule has 0 bridgehead atoms. The van der Waals surface area contributed by atoms with Gasteiger partial charge in [0.15, 0.2) is 11.7 Å². The van der Waals surface area contributed by atoms with Crippen molar-refractivity contribution in [1.82, 2.24) is 5.32 Å². The Morgan fingerprint density at radius 1 is 1.21 bits per heavy atom.